The fourth-order valence-electron chi connectivity index (χ4n) is 4.60. The van der Waals surface area contributed by atoms with Crippen LogP contribution in [0.4, 0.5) is 4.79 Å². The number of rotatable bonds is 19. The van der Waals surface area contributed by atoms with Crippen LogP contribution in [-0.4, -0.2) is 82.8 Å². The Morgan fingerprint density at radius 3 is 1.51 bits per heavy atom. The summed E-state index contributed by atoms with van der Waals surface area (Å²) in [4.78, 5) is 73.2. The number of carboxylic acid groups (broad SMARTS) is 3. The molecule has 3 rings (SSSR count). The largest absolute Gasteiger partial charge is 0.482 e. The second-order valence-corrected chi connectivity index (χ2v) is 11.2. The van der Waals surface area contributed by atoms with Gasteiger partial charge in [-0.25, -0.2) is 14.4 Å². The number of carbonyl (C=O) groups is 6. The van der Waals surface area contributed by atoms with Gasteiger partial charge in [0.1, 0.15) is 17.5 Å². The van der Waals surface area contributed by atoms with Gasteiger partial charge >= 0.3 is 18.0 Å². The first-order valence-electron chi connectivity index (χ1n) is 16.0. The van der Waals surface area contributed by atoms with Gasteiger partial charge in [0.05, 0.1) is 5.92 Å². The maximum Gasteiger partial charge on any atom is 0.341 e. The van der Waals surface area contributed by atoms with Crippen molar-refractivity contribution in [3.63, 3.8) is 0 Å². The van der Waals surface area contributed by atoms with Gasteiger partial charge in [-0.1, -0.05) is 48.5 Å². The highest BCUT2D eigenvalue weighted by atomic mass is 16.5. The van der Waals surface area contributed by atoms with Crippen molar-refractivity contribution in [1.82, 2.24) is 16.0 Å². The lowest BCUT2D eigenvalue weighted by Crippen LogP contribution is -2.48. The normalized spacial score (nSPS) is 10.8. The van der Waals surface area contributed by atoms with E-state index >= 15 is 0 Å². The predicted molar refractivity (Wildman–Crippen MR) is 191 cm³/mol. The Labute approximate surface area is 304 Å². The van der Waals surface area contributed by atoms with E-state index in [1.807, 2.05) is 0 Å². The topological polar surface area (TPSA) is 308 Å². The highest BCUT2D eigenvalue weighted by molar-refractivity contribution is 5.92. The first kappa shape index (κ1) is 42.3. The number of amides is 4. The van der Waals surface area contributed by atoms with Crippen LogP contribution in [0, 0.1) is 0 Å². The lowest BCUT2D eigenvalue weighted by Gasteiger charge is -2.23. The van der Waals surface area contributed by atoms with Gasteiger partial charge in [-0.05, 0) is 59.4 Å². The molecule has 0 spiro atoms. The molecule has 0 aliphatic heterocycles. The molecule has 0 bridgehead atoms. The number of nitrogens with zero attached hydrogens (tertiary/aromatic N) is 1. The first-order valence-corrected chi connectivity index (χ1v) is 16.0. The summed E-state index contributed by atoms with van der Waals surface area (Å²) in [6.45, 7) is 0.620. The molecule has 0 saturated heterocycles. The number of guanidine groups is 1. The molecular formula is C35H43N7O11. The molecule has 1 atom stereocenters. The Bertz CT molecular complexity index is 1650. The number of nitrogens with two attached hydrogens (primary N) is 3. The van der Waals surface area contributed by atoms with Gasteiger partial charge in [0.2, 0.25) is 11.8 Å². The minimum absolute atomic E-state index is 0.105. The number of hydrogen-bond donors (Lipinski definition) is 9. The number of ether oxygens (including phenoxy) is 2. The van der Waals surface area contributed by atoms with Crippen molar-refractivity contribution in [1.29, 1.82) is 0 Å². The summed E-state index contributed by atoms with van der Waals surface area (Å²) in [5.41, 5.74) is 18.6. The molecule has 0 fully saturated rings. The maximum atomic E-state index is 14.0. The fraction of sp³-hybridized carbons (Fsp3) is 0.286. The summed E-state index contributed by atoms with van der Waals surface area (Å²) in [6.07, 6.45) is 0.566. The molecule has 3 aromatic rings. The molecule has 0 radical (unpaired) electrons. The van der Waals surface area contributed by atoms with Gasteiger partial charge in [0.15, 0.2) is 19.2 Å². The lowest BCUT2D eigenvalue weighted by molar-refractivity contribution is -0.140. The molecule has 3 aromatic carbocycles. The van der Waals surface area contributed by atoms with Crippen LogP contribution in [0.2, 0.25) is 0 Å². The number of aliphatic imine (C=N–C) groups is 1. The highest BCUT2D eigenvalue weighted by Crippen LogP contribution is 2.29. The Balaban J connectivity index is 0.00000231. The van der Waals surface area contributed by atoms with Crippen molar-refractivity contribution in [2.45, 2.75) is 44.8 Å². The lowest BCUT2D eigenvalue weighted by atomic mass is 9.90. The van der Waals surface area contributed by atoms with Crippen LogP contribution < -0.4 is 42.6 Å². The van der Waals surface area contributed by atoms with E-state index in [1.54, 1.807) is 48.5 Å². The molecule has 0 aromatic heterocycles. The summed E-state index contributed by atoms with van der Waals surface area (Å²) >= 11 is 0. The van der Waals surface area contributed by atoms with Gasteiger partial charge in [-0.3, -0.25) is 19.4 Å². The van der Waals surface area contributed by atoms with Crippen LogP contribution in [0.1, 0.15) is 47.9 Å². The summed E-state index contributed by atoms with van der Waals surface area (Å²) < 4.78 is 10.4. The van der Waals surface area contributed by atoms with Gasteiger partial charge < -0.3 is 57.9 Å². The van der Waals surface area contributed by atoms with E-state index in [9.17, 15) is 24.0 Å². The van der Waals surface area contributed by atoms with Crippen molar-refractivity contribution in [2.75, 3.05) is 19.8 Å². The zero-order valence-corrected chi connectivity index (χ0v) is 28.8. The zero-order valence-electron chi connectivity index (χ0n) is 28.8. The van der Waals surface area contributed by atoms with Crippen LogP contribution in [0.5, 0.6) is 11.5 Å². The molecule has 0 heterocycles. The average molecular weight is 738 g/mol. The molecule has 18 nitrogen and oxygen atoms in total. The van der Waals surface area contributed by atoms with Crippen LogP contribution in [0.15, 0.2) is 77.8 Å². The SMILES string of the molecule is CC(=O)O.NC(=O)NCc1ccc(CNC(=O)[C@@H](CCCN=C(N)N)NC(=O)C(c2ccc(OCC(=O)O)cc2)c2ccc(OCC(=O)O)cc2)cc1. The van der Waals surface area contributed by atoms with Crippen LogP contribution >= 0.6 is 0 Å². The van der Waals surface area contributed by atoms with Gasteiger partial charge in [-0.15, -0.1) is 0 Å². The molecule has 12 N–H and O–H groups in total. The number of aliphatic carboxylic acids is 3. The molecule has 0 unspecified atom stereocenters. The first-order chi connectivity index (χ1) is 25.1. The molecule has 0 aliphatic rings. The van der Waals surface area contributed by atoms with Crippen molar-refractivity contribution < 1.29 is 53.6 Å². The van der Waals surface area contributed by atoms with Crippen molar-refractivity contribution in [3.8, 4) is 11.5 Å². The minimum atomic E-state index is -1.15. The molecule has 284 valence electrons. The molecular weight excluding hydrogens is 694 g/mol. The van der Waals surface area contributed by atoms with Crippen molar-refractivity contribution >= 4 is 41.7 Å². The number of benzene rings is 3. The van der Waals surface area contributed by atoms with E-state index in [4.69, 9.17) is 46.8 Å². The summed E-state index contributed by atoms with van der Waals surface area (Å²) in [7, 11) is 0. The number of carboxylic acids is 3. The van der Waals surface area contributed by atoms with Crippen LogP contribution in [-0.2, 0) is 37.1 Å². The third-order valence-electron chi connectivity index (χ3n) is 6.95. The van der Waals surface area contributed by atoms with E-state index in [2.05, 4.69) is 20.9 Å². The van der Waals surface area contributed by atoms with E-state index in [-0.39, 0.29) is 43.5 Å². The van der Waals surface area contributed by atoms with Gasteiger partial charge in [-0.2, -0.15) is 0 Å². The number of carbonyl (C=O) groups excluding carboxylic acids is 3. The van der Waals surface area contributed by atoms with Gasteiger partial charge in [0, 0.05) is 26.6 Å². The smallest absolute Gasteiger partial charge is 0.341 e. The third kappa shape index (κ3) is 17.1. The Kier molecular flexibility index (Phi) is 17.6. The standard InChI is InChI=1S/C33H39N7O9.C2H4O2/c34-32(35)37-15-1-2-26(30(45)38-16-20-3-5-21(6-4-20)17-39-33(36)47)40-31(46)29(22-7-11-24(12-8-22)48-18-27(41)42)23-9-13-25(14-10-23)49-19-28(43)44;1-2(3)4/h3-14,26,29H,1-2,15-19H2,(H,38,45)(H,40,46)(H,41,42)(H,43,44)(H4,34,35,37)(H3,36,39,47);1H3,(H,3,4)/t26-;/m1./s1. The van der Waals surface area contributed by atoms with E-state index < -0.39 is 60.9 Å². The number of primary amides is 1. The second kappa shape index (κ2) is 22.1. The molecule has 0 saturated carbocycles. The highest BCUT2D eigenvalue weighted by Gasteiger charge is 2.28. The maximum absolute atomic E-state index is 14.0. The Morgan fingerprint density at radius 1 is 0.679 bits per heavy atom. The predicted octanol–water partition coefficient (Wildman–Crippen LogP) is 0.859. The molecule has 18 heteroatoms. The quantitative estimate of drug-likeness (QED) is 0.0469. The molecule has 53 heavy (non-hydrogen) atoms. The minimum Gasteiger partial charge on any atom is -0.482 e. The summed E-state index contributed by atoms with van der Waals surface area (Å²) in [6, 6.07) is 18.0. The summed E-state index contributed by atoms with van der Waals surface area (Å²) in [5.74, 6) is -4.61. The second-order valence-electron chi connectivity index (χ2n) is 11.2. The van der Waals surface area contributed by atoms with E-state index in [0.717, 1.165) is 18.1 Å². The number of hydrogen-bond acceptors (Lipinski definition) is 9. The number of nitrogens with one attached hydrogen (secondary N) is 3. The van der Waals surface area contributed by atoms with E-state index in [1.165, 1.54) is 24.3 Å². The van der Waals surface area contributed by atoms with Crippen molar-refractivity contribution in [2.24, 2.45) is 22.2 Å². The molecule has 0 aliphatic carbocycles. The van der Waals surface area contributed by atoms with Gasteiger partial charge in [0.25, 0.3) is 5.97 Å². The summed E-state index contributed by atoms with van der Waals surface area (Å²) in [5, 5.41) is 33.5. The third-order valence-corrected chi connectivity index (χ3v) is 6.95. The Morgan fingerprint density at radius 2 is 1.11 bits per heavy atom. The average Bonchev–Trinajstić information content (AvgIpc) is 3.10. The molecule has 4 amide bonds. The number of urea groups is 1. The zero-order chi connectivity index (χ0) is 39.3. The van der Waals surface area contributed by atoms with Crippen LogP contribution in [0.25, 0.3) is 0 Å². The Hall–Kier alpha value is -6.85. The van der Waals surface area contributed by atoms with E-state index in [0.29, 0.717) is 17.5 Å². The fourth-order valence-corrected chi connectivity index (χ4v) is 4.60. The van der Waals surface area contributed by atoms with Crippen molar-refractivity contribution in [3.05, 3.63) is 95.1 Å². The monoisotopic (exact) mass is 737 g/mol. The van der Waals surface area contributed by atoms with Crippen LogP contribution in [0.3, 0.4) is 0 Å².